The van der Waals surface area contributed by atoms with Gasteiger partial charge in [0, 0.05) is 39.3 Å². The molecule has 1 heterocycles. The van der Waals surface area contributed by atoms with Crippen molar-refractivity contribution in [1.29, 1.82) is 0 Å². The number of hydrogen-bond donors (Lipinski definition) is 2. The highest BCUT2D eigenvalue weighted by atomic mass is 16.1. The average molecular weight is 260 g/mol. The zero-order valence-corrected chi connectivity index (χ0v) is 11.4. The topological polar surface area (TPSA) is 56.7 Å². The standard InChI is InChI=1S/C14H20N4O/c1-11(19)16-8-9-17-14(15-2)18-10-7-12-5-3-4-6-13(12)18/h3-6H,7-10H2,1-2H3,(H,15,17)(H,16,19). The fourth-order valence-corrected chi connectivity index (χ4v) is 2.27. The lowest BCUT2D eigenvalue weighted by Crippen LogP contribution is -2.43. The van der Waals surface area contributed by atoms with Crippen molar-refractivity contribution < 1.29 is 4.79 Å². The Morgan fingerprint density at radius 2 is 2.05 bits per heavy atom. The van der Waals surface area contributed by atoms with Crippen LogP contribution in [0.4, 0.5) is 5.69 Å². The molecular weight excluding hydrogens is 240 g/mol. The molecule has 0 saturated carbocycles. The largest absolute Gasteiger partial charge is 0.355 e. The predicted molar refractivity (Wildman–Crippen MR) is 77.5 cm³/mol. The predicted octanol–water partition coefficient (Wildman–Crippen LogP) is 0.761. The molecule has 0 spiro atoms. The van der Waals surface area contributed by atoms with Crippen molar-refractivity contribution in [3.63, 3.8) is 0 Å². The second kappa shape index (κ2) is 6.22. The minimum atomic E-state index is -0.0108. The molecule has 0 unspecified atom stereocenters. The summed E-state index contributed by atoms with van der Waals surface area (Å²) in [6.45, 7) is 3.74. The summed E-state index contributed by atoms with van der Waals surface area (Å²) in [4.78, 5) is 17.3. The van der Waals surface area contributed by atoms with Crippen molar-refractivity contribution in [1.82, 2.24) is 10.6 Å². The highest BCUT2D eigenvalue weighted by Crippen LogP contribution is 2.27. The van der Waals surface area contributed by atoms with Crippen LogP contribution in [0.1, 0.15) is 12.5 Å². The summed E-state index contributed by atoms with van der Waals surface area (Å²) in [5.74, 6) is 0.846. The van der Waals surface area contributed by atoms with Gasteiger partial charge in [0.05, 0.1) is 0 Å². The van der Waals surface area contributed by atoms with Crippen LogP contribution in [-0.2, 0) is 11.2 Å². The first-order valence-corrected chi connectivity index (χ1v) is 6.53. The summed E-state index contributed by atoms with van der Waals surface area (Å²) < 4.78 is 0. The zero-order valence-electron chi connectivity index (χ0n) is 11.4. The number of benzene rings is 1. The minimum absolute atomic E-state index is 0.0108. The SMILES string of the molecule is CN=C(NCCNC(C)=O)N1CCc2ccccc21. The Labute approximate surface area is 113 Å². The number of amides is 1. The van der Waals surface area contributed by atoms with Gasteiger partial charge in [-0.3, -0.25) is 9.79 Å². The lowest BCUT2D eigenvalue weighted by Gasteiger charge is -2.22. The van der Waals surface area contributed by atoms with Crippen LogP contribution in [-0.4, -0.2) is 38.5 Å². The van der Waals surface area contributed by atoms with Crippen LogP contribution in [0.15, 0.2) is 29.3 Å². The number of nitrogens with one attached hydrogen (secondary N) is 2. The number of nitrogens with zero attached hydrogens (tertiary/aromatic N) is 2. The van der Waals surface area contributed by atoms with E-state index in [0.717, 1.165) is 18.9 Å². The number of rotatable bonds is 3. The van der Waals surface area contributed by atoms with Crippen LogP contribution >= 0.6 is 0 Å². The van der Waals surface area contributed by atoms with E-state index in [9.17, 15) is 4.79 Å². The fourth-order valence-electron chi connectivity index (χ4n) is 2.27. The Morgan fingerprint density at radius 3 is 2.79 bits per heavy atom. The molecule has 1 aliphatic rings. The van der Waals surface area contributed by atoms with Gasteiger partial charge >= 0.3 is 0 Å². The Hall–Kier alpha value is -2.04. The van der Waals surface area contributed by atoms with Gasteiger partial charge in [0.1, 0.15) is 0 Å². The molecule has 0 fully saturated rings. The maximum Gasteiger partial charge on any atom is 0.216 e. The van der Waals surface area contributed by atoms with Gasteiger partial charge in [-0.15, -0.1) is 0 Å². The van der Waals surface area contributed by atoms with Crippen molar-refractivity contribution in [2.24, 2.45) is 4.99 Å². The number of para-hydroxylation sites is 1. The van der Waals surface area contributed by atoms with Gasteiger partial charge in [-0.1, -0.05) is 18.2 Å². The summed E-state index contributed by atoms with van der Waals surface area (Å²) in [5, 5.41) is 6.03. The molecule has 5 heteroatoms. The van der Waals surface area contributed by atoms with Crippen molar-refractivity contribution in [3.05, 3.63) is 29.8 Å². The van der Waals surface area contributed by atoms with Gasteiger partial charge < -0.3 is 15.5 Å². The molecule has 0 saturated heterocycles. The molecule has 1 aliphatic heterocycles. The van der Waals surface area contributed by atoms with E-state index in [1.165, 1.54) is 18.2 Å². The lowest BCUT2D eigenvalue weighted by atomic mass is 10.2. The van der Waals surface area contributed by atoms with Crippen molar-refractivity contribution in [3.8, 4) is 0 Å². The number of carbonyl (C=O) groups is 1. The number of anilines is 1. The summed E-state index contributed by atoms with van der Waals surface area (Å²) in [5.41, 5.74) is 2.57. The second-order valence-electron chi connectivity index (χ2n) is 4.49. The minimum Gasteiger partial charge on any atom is -0.355 e. The fraction of sp³-hybridized carbons (Fsp3) is 0.429. The quantitative estimate of drug-likeness (QED) is 0.479. The van der Waals surface area contributed by atoms with E-state index >= 15 is 0 Å². The average Bonchev–Trinajstić information content (AvgIpc) is 2.83. The van der Waals surface area contributed by atoms with E-state index in [1.807, 2.05) is 6.07 Å². The van der Waals surface area contributed by atoms with E-state index in [2.05, 4.69) is 38.7 Å². The van der Waals surface area contributed by atoms with E-state index in [1.54, 1.807) is 7.05 Å². The summed E-state index contributed by atoms with van der Waals surface area (Å²) in [7, 11) is 1.78. The van der Waals surface area contributed by atoms with Crippen LogP contribution in [0.3, 0.4) is 0 Å². The number of aliphatic imine (C=N–C) groups is 1. The second-order valence-corrected chi connectivity index (χ2v) is 4.49. The molecule has 1 amide bonds. The molecule has 0 bridgehead atoms. The molecule has 0 aromatic heterocycles. The van der Waals surface area contributed by atoms with Gasteiger partial charge in [0.25, 0.3) is 0 Å². The highest BCUT2D eigenvalue weighted by molar-refractivity contribution is 5.97. The molecule has 0 radical (unpaired) electrons. The normalized spacial score (nSPS) is 14.2. The Morgan fingerprint density at radius 1 is 1.32 bits per heavy atom. The summed E-state index contributed by atoms with van der Waals surface area (Å²) in [6, 6.07) is 8.37. The first-order valence-electron chi connectivity index (χ1n) is 6.53. The van der Waals surface area contributed by atoms with Crippen molar-refractivity contribution >= 4 is 17.6 Å². The third-order valence-electron chi connectivity index (χ3n) is 3.14. The number of fused-ring (bicyclic) bond motifs is 1. The van der Waals surface area contributed by atoms with Gasteiger partial charge in [0.2, 0.25) is 5.91 Å². The smallest absolute Gasteiger partial charge is 0.216 e. The van der Waals surface area contributed by atoms with Gasteiger partial charge in [-0.05, 0) is 18.1 Å². The maximum absolute atomic E-state index is 10.8. The van der Waals surface area contributed by atoms with Gasteiger partial charge in [-0.2, -0.15) is 0 Å². The molecule has 102 valence electrons. The van der Waals surface area contributed by atoms with E-state index in [-0.39, 0.29) is 5.91 Å². The molecule has 5 nitrogen and oxygen atoms in total. The Balaban J connectivity index is 1.95. The summed E-state index contributed by atoms with van der Waals surface area (Å²) in [6.07, 6.45) is 1.04. The number of carbonyl (C=O) groups excluding carboxylic acids is 1. The molecule has 1 aromatic rings. The third-order valence-corrected chi connectivity index (χ3v) is 3.14. The van der Waals surface area contributed by atoms with Crippen LogP contribution in [0.5, 0.6) is 0 Å². The van der Waals surface area contributed by atoms with Crippen LogP contribution in [0.25, 0.3) is 0 Å². The maximum atomic E-state index is 10.8. The van der Waals surface area contributed by atoms with Crippen LogP contribution in [0, 0.1) is 0 Å². The lowest BCUT2D eigenvalue weighted by molar-refractivity contribution is -0.118. The van der Waals surface area contributed by atoms with Crippen molar-refractivity contribution in [2.75, 3.05) is 31.6 Å². The van der Waals surface area contributed by atoms with Crippen LogP contribution < -0.4 is 15.5 Å². The monoisotopic (exact) mass is 260 g/mol. The number of hydrogen-bond acceptors (Lipinski definition) is 2. The zero-order chi connectivity index (χ0) is 13.7. The first kappa shape index (κ1) is 13.4. The van der Waals surface area contributed by atoms with Crippen molar-refractivity contribution in [2.45, 2.75) is 13.3 Å². The van der Waals surface area contributed by atoms with E-state index in [4.69, 9.17) is 0 Å². The molecule has 0 atom stereocenters. The summed E-state index contributed by atoms with van der Waals surface area (Å²) >= 11 is 0. The molecule has 2 N–H and O–H groups in total. The first-order chi connectivity index (χ1) is 9.22. The van der Waals surface area contributed by atoms with Crippen LogP contribution in [0.2, 0.25) is 0 Å². The van der Waals surface area contributed by atoms with Gasteiger partial charge in [-0.25, -0.2) is 0 Å². The molecule has 1 aromatic carbocycles. The Kier molecular flexibility index (Phi) is 4.39. The van der Waals surface area contributed by atoms with E-state index < -0.39 is 0 Å². The molecular formula is C14H20N4O. The van der Waals surface area contributed by atoms with E-state index in [0.29, 0.717) is 13.1 Å². The number of guanidine groups is 1. The molecule has 19 heavy (non-hydrogen) atoms. The van der Waals surface area contributed by atoms with Gasteiger partial charge in [0.15, 0.2) is 5.96 Å². The Bertz CT molecular complexity index is 484. The molecule has 0 aliphatic carbocycles. The highest BCUT2D eigenvalue weighted by Gasteiger charge is 2.21. The molecule has 2 rings (SSSR count). The third kappa shape index (κ3) is 3.24.